The van der Waals surface area contributed by atoms with Crippen molar-refractivity contribution in [2.24, 2.45) is 0 Å². The van der Waals surface area contributed by atoms with Gasteiger partial charge in [0.25, 0.3) is 0 Å². The molecule has 1 aromatic heterocycles. The first-order valence-corrected chi connectivity index (χ1v) is 4.46. The van der Waals surface area contributed by atoms with Gasteiger partial charge in [0.1, 0.15) is 11.2 Å². The van der Waals surface area contributed by atoms with Gasteiger partial charge in [0, 0.05) is 21.9 Å². The van der Waals surface area contributed by atoms with Crippen molar-refractivity contribution in [2.45, 2.75) is 0 Å². The van der Waals surface area contributed by atoms with E-state index in [0.29, 0.717) is 21.4 Å². The molecule has 0 aliphatic rings. The molecule has 1 nitrogen and oxygen atoms in total. The van der Waals surface area contributed by atoms with E-state index in [1.165, 1.54) is 0 Å². The van der Waals surface area contributed by atoms with Crippen molar-refractivity contribution >= 4 is 33.5 Å². The third-order valence-electron chi connectivity index (χ3n) is 2.08. The van der Waals surface area contributed by atoms with E-state index in [9.17, 15) is 0 Å². The van der Waals surface area contributed by atoms with Gasteiger partial charge >= 0.3 is 0 Å². The molecule has 0 N–H and O–H groups in total. The fourth-order valence-electron chi connectivity index (χ4n) is 1.46. The first-order chi connectivity index (χ1) is 8.50. The lowest BCUT2D eigenvalue weighted by atomic mass is 10.2. The Morgan fingerprint density at radius 2 is 1.93 bits per heavy atom. The molecule has 0 aliphatic heterocycles. The molecule has 68 valence electrons. The molecular weight excluding hydrogens is 196 g/mol. The standard InChI is InChI=1S/C12H7ClO/c13-8-5-6-10-9-3-1-2-4-11(9)14-12(10)7-8/h1-7H/i1D,2D,3D,4D. The zero-order valence-electron chi connectivity index (χ0n) is 11.0. The molecule has 3 rings (SSSR count). The van der Waals surface area contributed by atoms with Gasteiger partial charge in [0.15, 0.2) is 0 Å². The third kappa shape index (κ3) is 1.03. The first kappa shape index (κ1) is 4.85. The summed E-state index contributed by atoms with van der Waals surface area (Å²) in [6, 6.07) is 4.15. The zero-order chi connectivity index (χ0) is 13.0. The van der Waals surface area contributed by atoms with Crippen molar-refractivity contribution < 1.29 is 9.90 Å². The highest BCUT2D eigenvalue weighted by Gasteiger charge is 2.05. The van der Waals surface area contributed by atoms with Crippen LogP contribution in [-0.2, 0) is 0 Å². The highest BCUT2D eigenvalue weighted by Crippen LogP contribution is 2.29. The van der Waals surface area contributed by atoms with Crippen molar-refractivity contribution in [1.82, 2.24) is 0 Å². The molecule has 2 aromatic carbocycles. The number of para-hydroxylation sites is 1. The van der Waals surface area contributed by atoms with Gasteiger partial charge < -0.3 is 4.42 Å². The molecule has 0 radical (unpaired) electrons. The van der Waals surface area contributed by atoms with E-state index in [-0.39, 0.29) is 29.8 Å². The smallest absolute Gasteiger partial charge is 0.136 e. The van der Waals surface area contributed by atoms with Crippen LogP contribution in [0.2, 0.25) is 5.02 Å². The molecule has 14 heavy (non-hydrogen) atoms. The summed E-state index contributed by atoms with van der Waals surface area (Å²) in [5.74, 6) is 0. The molecule has 0 bridgehead atoms. The molecule has 0 spiro atoms. The van der Waals surface area contributed by atoms with Crippen LogP contribution in [0.15, 0.2) is 46.8 Å². The van der Waals surface area contributed by atoms with Crippen LogP contribution in [-0.4, -0.2) is 0 Å². The van der Waals surface area contributed by atoms with Crippen LogP contribution in [0, 0.1) is 0 Å². The predicted molar refractivity (Wildman–Crippen MR) is 58.7 cm³/mol. The average Bonchev–Trinajstić information content (AvgIpc) is 2.72. The normalized spacial score (nSPS) is 15.2. The summed E-state index contributed by atoms with van der Waals surface area (Å²) >= 11 is 5.86. The second-order valence-electron chi connectivity index (χ2n) is 2.95. The van der Waals surface area contributed by atoms with Crippen molar-refractivity contribution in [2.75, 3.05) is 0 Å². The minimum Gasteiger partial charge on any atom is -0.456 e. The third-order valence-corrected chi connectivity index (χ3v) is 2.31. The van der Waals surface area contributed by atoms with Crippen LogP contribution < -0.4 is 0 Å². The second kappa shape index (κ2) is 2.76. The highest BCUT2D eigenvalue weighted by molar-refractivity contribution is 6.31. The van der Waals surface area contributed by atoms with Crippen molar-refractivity contribution in [3.63, 3.8) is 0 Å². The molecule has 0 saturated heterocycles. The van der Waals surface area contributed by atoms with Gasteiger partial charge in [-0.1, -0.05) is 29.7 Å². The van der Waals surface area contributed by atoms with E-state index < -0.39 is 0 Å². The fraction of sp³-hybridized carbons (Fsp3) is 0. The Labute approximate surface area is 91.5 Å². The lowest BCUT2D eigenvalue weighted by Crippen LogP contribution is -1.65. The van der Waals surface area contributed by atoms with Crippen molar-refractivity contribution in [3.05, 3.63) is 47.4 Å². The summed E-state index contributed by atoms with van der Waals surface area (Å²) in [5.41, 5.74) is 0.628. The van der Waals surface area contributed by atoms with Gasteiger partial charge in [-0.2, -0.15) is 0 Å². The van der Waals surface area contributed by atoms with Gasteiger partial charge in [-0.05, 0) is 18.2 Å². The predicted octanol–water partition coefficient (Wildman–Crippen LogP) is 4.24. The number of halogens is 1. The maximum atomic E-state index is 7.89. The Morgan fingerprint density at radius 1 is 1.07 bits per heavy atom. The molecule has 0 aliphatic carbocycles. The minimum absolute atomic E-state index is 0.0907. The summed E-state index contributed by atoms with van der Waals surface area (Å²) in [6.07, 6.45) is 0. The zero-order valence-corrected chi connectivity index (χ0v) is 7.77. The minimum atomic E-state index is -0.294. The summed E-state index contributed by atoms with van der Waals surface area (Å²) in [7, 11) is 0. The van der Waals surface area contributed by atoms with E-state index in [4.69, 9.17) is 21.5 Å². The van der Waals surface area contributed by atoms with Gasteiger partial charge in [0.2, 0.25) is 0 Å². The molecule has 3 aromatic rings. The fourth-order valence-corrected chi connectivity index (χ4v) is 1.63. The van der Waals surface area contributed by atoms with Crippen molar-refractivity contribution in [1.29, 1.82) is 0 Å². The van der Waals surface area contributed by atoms with Gasteiger partial charge in [0.05, 0.1) is 5.48 Å². The molecule has 0 atom stereocenters. The van der Waals surface area contributed by atoms with Crippen LogP contribution in [0.4, 0.5) is 0 Å². The van der Waals surface area contributed by atoms with E-state index in [1.807, 2.05) is 0 Å². The summed E-state index contributed by atoms with van der Waals surface area (Å²) < 4.78 is 36.4. The Morgan fingerprint density at radius 3 is 2.86 bits per heavy atom. The van der Waals surface area contributed by atoms with Crippen molar-refractivity contribution in [3.8, 4) is 0 Å². The van der Waals surface area contributed by atoms with Crippen LogP contribution in [0.1, 0.15) is 5.48 Å². The molecule has 1 heterocycles. The maximum Gasteiger partial charge on any atom is 0.136 e. The Balaban J connectivity index is 2.62. The van der Waals surface area contributed by atoms with Gasteiger partial charge in [-0.15, -0.1) is 0 Å². The first-order valence-electron chi connectivity index (χ1n) is 6.09. The van der Waals surface area contributed by atoms with E-state index in [2.05, 4.69) is 0 Å². The quantitative estimate of drug-likeness (QED) is 0.536. The number of hydrogen-bond acceptors (Lipinski definition) is 1. The number of furan rings is 1. The monoisotopic (exact) mass is 206 g/mol. The maximum absolute atomic E-state index is 7.89. The largest absolute Gasteiger partial charge is 0.456 e. The number of fused-ring (bicyclic) bond motifs is 3. The number of benzene rings is 2. The average molecular weight is 207 g/mol. The van der Waals surface area contributed by atoms with Gasteiger partial charge in [-0.3, -0.25) is 0 Å². The van der Waals surface area contributed by atoms with Crippen LogP contribution in [0.3, 0.4) is 0 Å². The summed E-state index contributed by atoms with van der Waals surface area (Å²) in [6.45, 7) is 0. The Bertz CT molecular complexity index is 794. The van der Waals surface area contributed by atoms with Gasteiger partial charge in [-0.25, -0.2) is 0 Å². The number of rotatable bonds is 0. The topological polar surface area (TPSA) is 13.1 Å². The Kier molecular flexibility index (Phi) is 0.956. The molecular formula is C12H7ClO. The molecule has 2 heteroatoms. The van der Waals surface area contributed by atoms with E-state index in [0.717, 1.165) is 0 Å². The molecule has 0 amide bonds. The SMILES string of the molecule is [2H]c1c([2H])c([2H])c2c(oc3cc(Cl)ccc32)c1[2H]. The Hall–Kier alpha value is -1.47. The molecule has 0 unspecified atom stereocenters. The van der Waals surface area contributed by atoms with Crippen LogP contribution in [0.25, 0.3) is 21.9 Å². The summed E-state index contributed by atoms with van der Waals surface area (Å²) in [4.78, 5) is 0. The van der Waals surface area contributed by atoms with E-state index >= 15 is 0 Å². The summed E-state index contributed by atoms with van der Waals surface area (Å²) in [5, 5.41) is 1.53. The number of hydrogen-bond donors (Lipinski definition) is 0. The molecule has 0 saturated carbocycles. The lowest BCUT2D eigenvalue weighted by Gasteiger charge is -1.88. The van der Waals surface area contributed by atoms with Crippen LogP contribution in [0.5, 0.6) is 0 Å². The van der Waals surface area contributed by atoms with E-state index in [1.54, 1.807) is 18.2 Å². The lowest BCUT2D eigenvalue weighted by molar-refractivity contribution is 0.669. The second-order valence-corrected chi connectivity index (χ2v) is 3.38. The van der Waals surface area contributed by atoms with Crippen LogP contribution >= 0.6 is 11.6 Å². The highest BCUT2D eigenvalue weighted by atomic mass is 35.5. The molecule has 0 fully saturated rings.